The molecule has 12 heteroatoms. The van der Waals surface area contributed by atoms with E-state index < -0.39 is 17.4 Å². The Labute approximate surface area is 208 Å². The molecule has 0 radical (unpaired) electrons. The number of nitriles is 1. The van der Waals surface area contributed by atoms with Crippen molar-refractivity contribution in [3.05, 3.63) is 52.4 Å². The summed E-state index contributed by atoms with van der Waals surface area (Å²) in [6.45, 7) is 2.55. The van der Waals surface area contributed by atoms with Gasteiger partial charge in [0.2, 0.25) is 0 Å². The largest absolute Gasteiger partial charge is 0.436 e. The van der Waals surface area contributed by atoms with Crippen LogP contribution in [0.5, 0.6) is 0 Å². The number of alkyl halides is 3. The van der Waals surface area contributed by atoms with Gasteiger partial charge in [0, 0.05) is 35.3 Å². The maximum atomic E-state index is 13.8. The second kappa shape index (κ2) is 9.20. The topological polar surface area (TPSA) is 99.6 Å². The molecule has 36 heavy (non-hydrogen) atoms. The number of anilines is 1. The van der Waals surface area contributed by atoms with E-state index in [9.17, 15) is 18.4 Å². The van der Waals surface area contributed by atoms with Crippen molar-refractivity contribution >= 4 is 34.0 Å². The van der Waals surface area contributed by atoms with E-state index in [-0.39, 0.29) is 25.0 Å². The summed E-state index contributed by atoms with van der Waals surface area (Å²) in [6, 6.07) is 8.63. The first kappa shape index (κ1) is 24.2. The monoisotopic (exact) mass is 516 g/mol. The Morgan fingerprint density at radius 3 is 2.83 bits per heavy atom. The molecule has 1 aliphatic rings. The molecule has 8 nitrogen and oxygen atoms in total. The van der Waals surface area contributed by atoms with Gasteiger partial charge in [0.25, 0.3) is 0 Å². The molecule has 0 amide bonds. The average molecular weight is 517 g/mol. The van der Waals surface area contributed by atoms with Crippen LogP contribution in [0.4, 0.5) is 19.0 Å². The molecule has 0 spiro atoms. The van der Waals surface area contributed by atoms with E-state index in [0.29, 0.717) is 52.7 Å². The molecule has 4 heterocycles. The van der Waals surface area contributed by atoms with Crippen LogP contribution in [0.15, 0.2) is 30.5 Å². The van der Waals surface area contributed by atoms with Crippen molar-refractivity contribution < 1.29 is 23.0 Å². The Balaban J connectivity index is 1.81. The van der Waals surface area contributed by atoms with Crippen molar-refractivity contribution in [3.8, 4) is 17.2 Å². The lowest BCUT2D eigenvalue weighted by atomic mass is 10.00. The molecule has 1 fully saturated rings. The Morgan fingerprint density at radius 2 is 2.11 bits per heavy atom. The molecule has 1 aliphatic heterocycles. The highest BCUT2D eigenvalue weighted by atomic mass is 35.5. The number of fused-ring (bicyclic) bond motifs is 2. The van der Waals surface area contributed by atoms with Gasteiger partial charge < -0.3 is 14.7 Å². The molecule has 0 bridgehead atoms. The van der Waals surface area contributed by atoms with Crippen LogP contribution in [0.1, 0.15) is 23.4 Å². The fourth-order valence-corrected chi connectivity index (χ4v) is 4.83. The summed E-state index contributed by atoms with van der Waals surface area (Å²) >= 11 is 6.15. The molecule has 0 unspecified atom stereocenters. The van der Waals surface area contributed by atoms with Gasteiger partial charge in [-0.3, -0.25) is 4.98 Å². The molecular formula is C24H20ClF3N6O2. The number of aliphatic hydroxyl groups is 1. The minimum absolute atomic E-state index is 0.133. The van der Waals surface area contributed by atoms with Crippen LogP contribution in [-0.4, -0.2) is 57.1 Å². The number of hydrogen-bond donors (Lipinski definition) is 1. The third-order valence-corrected chi connectivity index (χ3v) is 6.40. The van der Waals surface area contributed by atoms with Crippen molar-refractivity contribution in [3.63, 3.8) is 0 Å². The third-order valence-electron chi connectivity index (χ3n) is 6.16. The molecule has 1 aromatic carbocycles. The second-order valence-corrected chi connectivity index (χ2v) is 8.87. The molecular weight excluding hydrogens is 497 g/mol. The van der Waals surface area contributed by atoms with Crippen LogP contribution in [0.2, 0.25) is 5.02 Å². The third kappa shape index (κ3) is 4.11. The molecule has 1 N–H and O–H groups in total. The van der Waals surface area contributed by atoms with Gasteiger partial charge >= 0.3 is 6.18 Å². The van der Waals surface area contributed by atoms with Crippen LogP contribution in [0.3, 0.4) is 0 Å². The lowest BCUT2D eigenvalue weighted by Crippen LogP contribution is -2.27. The predicted molar refractivity (Wildman–Crippen MR) is 127 cm³/mol. The number of hydrogen-bond acceptors (Lipinski definition) is 7. The van der Waals surface area contributed by atoms with Crippen molar-refractivity contribution in [1.82, 2.24) is 19.6 Å². The van der Waals surface area contributed by atoms with Gasteiger partial charge in [-0.2, -0.15) is 28.0 Å². The molecule has 3 aromatic heterocycles. The Kier molecular flexibility index (Phi) is 6.20. The number of ether oxygens (including phenoxy) is 1. The fraction of sp³-hybridized carbons (Fsp3) is 0.333. The zero-order chi connectivity index (χ0) is 25.6. The SMILES string of the molecule is Cc1nc2c(C#N)c(C(F)(F)F)nn2c(N2CC[C@@H](OCCO)C2)c1-c1ccnc2cc(Cl)ccc12. The maximum Gasteiger partial charge on any atom is 0.436 e. The molecule has 186 valence electrons. The zero-order valence-electron chi connectivity index (χ0n) is 19.1. The van der Waals surface area contributed by atoms with Gasteiger partial charge in [-0.05, 0) is 37.1 Å². The van der Waals surface area contributed by atoms with Gasteiger partial charge in [-0.1, -0.05) is 17.7 Å². The number of aliphatic hydroxyl groups excluding tert-OH is 1. The van der Waals surface area contributed by atoms with E-state index in [4.69, 9.17) is 21.4 Å². The van der Waals surface area contributed by atoms with Crippen molar-refractivity contribution in [2.45, 2.75) is 25.6 Å². The summed E-state index contributed by atoms with van der Waals surface area (Å²) in [7, 11) is 0. The zero-order valence-corrected chi connectivity index (χ0v) is 19.8. The van der Waals surface area contributed by atoms with E-state index in [1.807, 2.05) is 4.90 Å². The molecule has 0 saturated carbocycles. The van der Waals surface area contributed by atoms with E-state index in [1.54, 1.807) is 43.5 Å². The first-order valence-electron chi connectivity index (χ1n) is 11.2. The Morgan fingerprint density at radius 1 is 1.31 bits per heavy atom. The first-order valence-corrected chi connectivity index (χ1v) is 11.5. The molecule has 1 atom stereocenters. The minimum atomic E-state index is -4.83. The highest BCUT2D eigenvalue weighted by Gasteiger charge is 2.40. The van der Waals surface area contributed by atoms with Crippen LogP contribution in [-0.2, 0) is 10.9 Å². The first-order chi connectivity index (χ1) is 17.2. The quantitative estimate of drug-likeness (QED) is 0.420. The number of halogens is 4. The maximum absolute atomic E-state index is 13.8. The Hall–Kier alpha value is -3.46. The molecule has 4 aromatic rings. The number of benzene rings is 1. The number of nitrogens with zero attached hydrogens (tertiary/aromatic N) is 6. The smallest absolute Gasteiger partial charge is 0.394 e. The van der Waals surface area contributed by atoms with Crippen LogP contribution in [0.25, 0.3) is 27.7 Å². The molecule has 5 rings (SSSR count). The van der Waals surface area contributed by atoms with E-state index in [2.05, 4.69) is 15.1 Å². The standard InChI is InChI=1S/C24H20ClF3N6O2/c1-13-20(17-4-6-30-19-10-14(25)2-3-16(17)19)23(33-7-5-15(12-33)36-9-8-35)34-22(31-13)18(11-29)21(32-34)24(26,27)28/h2-4,6,10,15,35H,5,7-9,12H2,1H3/t15-/m1/s1. The lowest BCUT2D eigenvalue weighted by Gasteiger charge is -2.24. The van der Waals surface area contributed by atoms with Gasteiger partial charge in [-0.15, -0.1) is 0 Å². The van der Waals surface area contributed by atoms with Crippen LogP contribution in [0, 0.1) is 18.3 Å². The number of aryl methyl sites for hydroxylation is 1. The summed E-state index contributed by atoms with van der Waals surface area (Å²) in [5.74, 6) is 0.377. The number of aromatic nitrogens is 4. The predicted octanol–water partition coefficient (Wildman–Crippen LogP) is 4.38. The van der Waals surface area contributed by atoms with E-state index in [0.717, 1.165) is 9.90 Å². The number of pyridine rings is 1. The van der Waals surface area contributed by atoms with Gasteiger partial charge in [0.05, 0.1) is 30.5 Å². The molecule has 0 aliphatic carbocycles. The van der Waals surface area contributed by atoms with Crippen molar-refractivity contribution in [2.24, 2.45) is 0 Å². The summed E-state index contributed by atoms with van der Waals surface area (Å²) < 4.78 is 48.3. The number of rotatable bonds is 5. The van der Waals surface area contributed by atoms with E-state index in [1.165, 1.54) is 0 Å². The van der Waals surface area contributed by atoms with Crippen molar-refractivity contribution in [1.29, 1.82) is 5.26 Å². The minimum Gasteiger partial charge on any atom is -0.394 e. The summed E-state index contributed by atoms with van der Waals surface area (Å²) in [5, 5.41) is 23.8. The summed E-state index contributed by atoms with van der Waals surface area (Å²) in [4.78, 5) is 10.7. The second-order valence-electron chi connectivity index (χ2n) is 8.44. The van der Waals surface area contributed by atoms with Crippen LogP contribution >= 0.6 is 11.6 Å². The molecule has 1 saturated heterocycles. The van der Waals surface area contributed by atoms with Gasteiger partial charge in [0.1, 0.15) is 17.5 Å². The average Bonchev–Trinajstić information content (AvgIpc) is 3.45. The fourth-order valence-electron chi connectivity index (χ4n) is 4.67. The normalized spacial score (nSPS) is 16.2. The summed E-state index contributed by atoms with van der Waals surface area (Å²) in [5.41, 5.74) is 0.241. The van der Waals surface area contributed by atoms with Crippen LogP contribution < -0.4 is 4.90 Å². The highest BCUT2D eigenvalue weighted by molar-refractivity contribution is 6.31. The highest BCUT2D eigenvalue weighted by Crippen LogP contribution is 2.41. The lowest BCUT2D eigenvalue weighted by molar-refractivity contribution is -0.141. The summed E-state index contributed by atoms with van der Waals surface area (Å²) in [6.07, 6.45) is -2.85. The van der Waals surface area contributed by atoms with E-state index >= 15 is 0 Å². The van der Waals surface area contributed by atoms with Crippen molar-refractivity contribution in [2.75, 3.05) is 31.2 Å². The Bertz CT molecular complexity index is 1510. The van der Waals surface area contributed by atoms with Gasteiger partial charge in [-0.25, -0.2) is 4.98 Å². The van der Waals surface area contributed by atoms with Gasteiger partial charge in [0.15, 0.2) is 11.3 Å².